The molecule has 0 radical (unpaired) electrons. The number of hydrogen-bond donors (Lipinski definition) is 0. The zero-order chi connectivity index (χ0) is 12.1. The van der Waals surface area contributed by atoms with Crippen LogP contribution < -0.4 is 4.74 Å². The Labute approximate surface area is 107 Å². The van der Waals surface area contributed by atoms with E-state index < -0.39 is 0 Å². The molecule has 0 saturated carbocycles. The monoisotopic (exact) mass is 261 g/mol. The molecule has 0 aliphatic heterocycles. The Morgan fingerprint density at radius 1 is 1.38 bits per heavy atom. The van der Waals surface area contributed by atoms with Crippen LogP contribution in [0, 0.1) is 5.92 Å². The van der Waals surface area contributed by atoms with Gasteiger partial charge in [-0.3, -0.25) is 0 Å². The van der Waals surface area contributed by atoms with E-state index in [4.69, 9.17) is 27.9 Å². The molecule has 0 amide bonds. The van der Waals surface area contributed by atoms with Crippen molar-refractivity contribution in [2.24, 2.45) is 5.92 Å². The number of ether oxygens (including phenoxy) is 1. The van der Waals surface area contributed by atoms with E-state index >= 15 is 0 Å². The van der Waals surface area contributed by atoms with Gasteiger partial charge in [-0.1, -0.05) is 25.4 Å². The fourth-order valence-corrected chi connectivity index (χ4v) is 1.91. The van der Waals surface area contributed by atoms with E-state index in [9.17, 15) is 0 Å². The van der Waals surface area contributed by atoms with Gasteiger partial charge in [0.25, 0.3) is 0 Å². The number of halogens is 2. The first-order chi connectivity index (χ1) is 7.52. The summed E-state index contributed by atoms with van der Waals surface area (Å²) in [5.41, 5.74) is 0.899. The molecule has 0 N–H and O–H groups in total. The topological polar surface area (TPSA) is 22.1 Å². The summed E-state index contributed by atoms with van der Waals surface area (Å²) in [7, 11) is 0. The van der Waals surface area contributed by atoms with E-state index in [-0.39, 0.29) is 6.10 Å². The summed E-state index contributed by atoms with van der Waals surface area (Å²) in [6.07, 6.45) is 2.79. The van der Waals surface area contributed by atoms with Gasteiger partial charge < -0.3 is 4.74 Å². The fourth-order valence-electron chi connectivity index (χ4n) is 1.53. The summed E-state index contributed by atoms with van der Waals surface area (Å²) in [6, 6.07) is 1.79. The Morgan fingerprint density at radius 2 is 2.06 bits per heavy atom. The van der Waals surface area contributed by atoms with Gasteiger partial charge in [-0.25, -0.2) is 4.98 Å². The van der Waals surface area contributed by atoms with Gasteiger partial charge in [0.1, 0.15) is 5.02 Å². The maximum absolute atomic E-state index is 6.04. The van der Waals surface area contributed by atoms with Crippen LogP contribution in [0.4, 0.5) is 0 Å². The van der Waals surface area contributed by atoms with E-state index in [1.54, 1.807) is 12.3 Å². The minimum Gasteiger partial charge on any atom is -0.474 e. The number of pyridine rings is 1. The third-order valence-electron chi connectivity index (χ3n) is 2.13. The lowest BCUT2D eigenvalue weighted by Gasteiger charge is -2.16. The maximum atomic E-state index is 6.04. The largest absolute Gasteiger partial charge is 0.474 e. The van der Waals surface area contributed by atoms with E-state index in [1.807, 2.05) is 6.92 Å². The van der Waals surface area contributed by atoms with Gasteiger partial charge in [0.05, 0.1) is 6.10 Å². The van der Waals surface area contributed by atoms with Crippen molar-refractivity contribution < 1.29 is 4.74 Å². The third-order valence-corrected chi connectivity index (χ3v) is 2.71. The zero-order valence-corrected chi connectivity index (χ0v) is 11.3. The molecule has 0 fully saturated rings. The first kappa shape index (κ1) is 13.6. The average molecular weight is 262 g/mol. The smallest absolute Gasteiger partial charge is 0.232 e. The number of alkyl halides is 1. The molecule has 1 heterocycles. The molecule has 1 aromatic rings. The Kier molecular flexibility index (Phi) is 5.36. The van der Waals surface area contributed by atoms with Gasteiger partial charge in [0.15, 0.2) is 0 Å². The molecule has 1 aromatic heterocycles. The van der Waals surface area contributed by atoms with Crippen molar-refractivity contribution in [3.63, 3.8) is 0 Å². The minimum absolute atomic E-state index is 0.117. The molecule has 0 saturated heterocycles. The Morgan fingerprint density at radius 3 is 2.56 bits per heavy atom. The molecule has 0 bridgehead atoms. The Hall–Kier alpha value is -0.470. The predicted octanol–water partition coefficient (Wildman–Crippen LogP) is 4.29. The molecule has 90 valence electrons. The van der Waals surface area contributed by atoms with E-state index in [0.717, 1.165) is 12.0 Å². The van der Waals surface area contributed by atoms with Crippen molar-refractivity contribution in [2.45, 2.75) is 39.2 Å². The highest BCUT2D eigenvalue weighted by atomic mass is 35.5. The quantitative estimate of drug-likeness (QED) is 0.738. The number of hydrogen-bond acceptors (Lipinski definition) is 2. The molecular formula is C12H17Cl2NO. The number of nitrogens with zero attached hydrogens (tertiary/aromatic N) is 1. The second kappa shape index (κ2) is 6.31. The van der Waals surface area contributed by atoms with Crippen molar-refractivity contribution in [1.29, 1.82) is 0 Å². The van der Waals surface area contributed by atoms with Crippen LogP contribution in [0.5, 0.6) is 5.88 Å². The Balaban J connectivity index is 2.66. The van der Waals surface area contributed by atoms with Crippen LogP contribution in [-0.4, -0.2) is 11.1 Å². The standard InChI is InChI=1S/C12H17Cl2NO/c1-8(2)4-9(3)16-12-11(14)5-10(6-13)7-15-12/h5,7-9H,4,6H2,1-3H3. The highest BCUT2D eigenvalue weighted by molar-refractivity contribution is 6.32. The van der Waals surface area contributed by atoms with Gasteiger partial charge >= 0.3 is 0 Å². The Bertz CT molecular complexity index is 342. The van der Waals surface area contributed by atoms with Crippen LogP contribution in [0.2, 0.25) is 5.02 Å². The van der Waals surface area contributed by atoms with E-state index in [0.29, 0.717) is 22.7 Å². The summed E-state index contributed by atoms with van der Waals surface area (Å²) in [6.45, 7) is 6.34. The number of rotatable bonds is 5. The molecule has 1 unspecified atom stereocenters. The molecule has 0 aliphatic carbocycles. The molecule has 1 atom stereocenters. The highest BCUT2D eigenvalue weighted by Gasteiger charge is 2.10. The van der Waals surface area contributed by atoms with Gasteiger partial charge in [-0.2, -0.15) is 0 Å². The molecule has 4 heteroatoms. The van der Waals surface area contributed by atoms with Crippen molar-refractivity contribution in [3.8, 4) is 5.88 Å². The molecule has 0 aliphatic rings. The van der Waals surface area contributed by atoms with Gasteiger partial charge in [-0.15, -0.1) is 11.6 Å². The zero-order valence-electron chi connectivity index (χ0n) is 9.84. The van der Waals surface area contributed by atoms with Gasteiger partial charge in [-0.05, 0) is 30.9 Å². The van der Waals surface area contributed by atoms with Crippen LogP contribution in [0.25, 0.3) is 0 Å². The van der Waals surface area contributed by atoms with Crippen LogP contribution in [0.1, 0.15) is 32.8 Å². The summed E-state index contributed by atoms with van der Waals surface area (Å²) >= 11 is 11.7. The molecule has 1 rings (SSSR count). The molecule has 0 aromatic carbocycles. The summed E-state index contributed by atoms with van der Waals surface area (Å²) < 4.78 is 5.67. The summed E-state index contributed by atoms with van der Waals surface area (Å²) in [5, 5.41) is 0.522. The second-order valence-corrected chi connectivity index (χ2v) is 5.00. The maximum Gasteiger partial charge on any atom is 0.232 e. The predicted molar refractivity (Wildman–Crippen MR) is 68.3 cm³/mol. The number of aromatic nitrogens is 1. The molecule has 2 nitrogen and oxygen atoms in total. The van der Waals surface area contributed by atoms with Crippen LogP contribution >= 0.6 is 23.2 Å². The van der Waals surface area contributed by atoms with Crippen molar-refractivity contribution in [3.05, 3.63) is 22.8 Å². The van der Waals surface area contributed by atoms with Crippen molar-refractivity contribution in [2.75, 3.05) is 0 Å². The normalized spacial score (nSPS) is 12.9. The summed E-state index contributed by atoms with van der Waals surface area (Å²) in [5.74, 6) is 1.49. The van der Waals surface area contributed by atoms with Gasteiger partial charge in [0.2, 0.25) is 5.88 Å². The third kappa shape index (κ3) is 4.18. The van der Waals surface area contributed by atoms with Crippen LogP contribution in [0.15, 0.2) is 12.3 Å². The lowest BCUT2D eigenvalue weighted by Crippen LogP contribution is -2.15. The SMILES string of the molecule is CC(C)CC(C)Oc1ncc(CCl)cc1Cl. The lowest BCUT2D eigenvalue weighted by atomic mass is 10.1. The minimum atomic E-state index is 0.117. The van der Waals surface area contributed by atoms with Crippen LogP contribution in [0.3, 0.4) is 0 Å². The van der Waals surface area contributed by atoms with Crippen LogP contribution in [-0.2, 0) is 5.88 Å². The molecule has 0 spiro atoms. The first-order valence-corrected chi connectivity index (χ1v) is 6.31. The molecular weight excluding hydrogens is 245 g/mol. The highest BCUT2D eigenvalue weighted by Crippen LogP contribution is 2.25. The second-order valence-electron chi connectivity index (χ2n) is 4.32. The lowest BCUT2D eigenvalue weighted by molar-refractivity contribution is 0.186. The van der Waals surface area contributed by atoms with E-state index in [1.165, 1.54) is 0 Å². The van der Waals surface area contributed by atoms with Crippen molar-refractivity contribution in [1.82, 2.24) is 4.98 Å². The average Bonchev–Trinajstić information content (AvgIpc) is 2.19. The van der Waals surface area contributed by atoms with Crippen molar-refractivity contribution >= 4 is 23.2 Å². The molecule has 16 heavy (non-hydrogen) atoms. The summed E-state index contributed by atoms with van der Waals surface area (Å²) in [4.78, 5) is 4.16. The fraction of sp³-hybridized carbons (Fsp3) is 0.583. The van der Waals surface area contributed by atoms with Gasteiger partial charge in [0, 0.05) is 12.1 Å². The first-order valence-electron chi connectivity index (χ1n) is 5.40. The van der Waals surface area contributed by atoms with E-state index in [2.05, 4.69) is 18.8 Å².